The number of aryl methyl sites for hydroxylation is 2. The number of amides is 1. The molecule has 2 fully saturated rings. The Balaban J connectivity index is 0.000000187. The Hall–Kier alpha value is -6.85. The van der Waals surface area contributed by atoms with Crippen molar-refractivity contribution >= 4 is 73.6 Å². The quantitative estimate of drug-likeness (QED) is 0.100. The number of fused-ring (bicyclic) bond motifs is 2. The van der Waals surface area contributed by atoms with Crippen molar-refractivity contribution in [2.24, 2.45) is 5.73 Å². The van der Waals surface area contributed by atoms with Gasteiger partial charge in [-0.25, -0.2) is 33.5 Å². The standard InChI is InChI=1S/C29H37FN8O2S.C24H29FN8S/c1-6-22-26(35(5)27-33-23(19-41-27)20-7-9-21(30)10-8-20)38-24(32-22)11-12-25(34-38)37-17-15-36(16-18-37)14-13-31-28(39)40-29(2,3)4;1-3-19-23(30(2)24-28-20(16-34-24)17-4-6-18(25)7-5-17)33-21(27-19)8-9-22(29-33)32-14-12-31(11-10-26)13-15-32/h7-12,19H,6,13-18H2,1-5H3,(H,31,39);4-9,16H,3,10-15,26H2,1-2H3. The van der Waals surface area contributed by atoms with Crippen molar-refractivity contribution in [3.63, 3.8) is 0 Å². The van der Waals surface area contributed by atoms with E-state index in [9.17, 15) is 13.6 Å². The fourth-order valence-corrected chi connectivity index (χ4v) is 10.7. The van der Waals surface area contributed by atoms with Crippen LogP contribution in [0, 0.1) is 11.6 Å². The lowest BCUT2D eigenvalue weighted by Gasteiger charge is -2.35. The van der Waals surface area contributed by atoms with Crippen molar-refractivity contribution in [1.29, 1.82) is 0 Å². The van der Waals surface area contributed by atoms with Crippen LogP contribution in [-0.2, 0) is 17.6 Å². The van der Waals surface area contributed by atoms with Crippen LogP contribution in [0.1, 0.15) is 46.0 Å². The number of nitrogens with two attached hydrogens (primary N) is 1. The summed E-state index contributed by atoms with van der Waals surface area (Å²) in [5.41, 5.74) is 12.1. The van der Waals surface area contributed by atoms with Crippen LogP contribution in [-0.4, -0.2) is 153 Å². The first-order valence-corrected chi connectivity index (χ1v) is 27.2. The van der Waals surface area contributed by atoms with Crippen molar-refractivity contribution in [3.05, 3.63) is 107 Å². The number of imidazole rings is 2. The number of aromatic nitrogens is 8. The lowest BCUT2D eigenvalue weighted by atomic mass is 10.2. The number of alkyl carbamates (subject to hydrolysis) is 1. The van der Waals surface area contributed by atoms with Gasteiger partial charge < -0.3 is 35.4 Å². The van der Waals surface area contributed by atoms with E-state index in [1.165, 1.54) is 35.6 Å². The zero-order valence-corrected chi connectivity index (χ0v) is 45.3. The summed E-state index contributed by atoms with van der Waals surface area (Å²) in [6.45, 7) is 19.9. The number of hydrogen-bond acceptors (Lipinski definition) is 17. The molecule has 0 radical (unpaired) electrons. The number of thiazole rings is 2. The van der Waals surface area contributed by atoms with Crippen molar-refractivity contribution in [2.75, 3.05) is 112 Å². The lowest BCUT2D eigenvalue weighted by Crippen LogP contribution is -2.49. The number of ether oxygens (including phenoxy) is 1. The first kappa shape index (κ1) is 53.0. The fraction of sp³-hybridized carbons (Fsp3) is 0.415. The Morgan fingerprint density at radius 3 is 1.47 bits per heavy atom. The highest BCUT2D eigenvalue weighted by Crippen LogP contribution is 2.36. The summed E-state index contributed by atoms with van der Waals surface area (Å²) in [6, 6.07) is 20.9. The molecule has 0 saturated carbocycles. The van der Waals surface area contributed by atoms with Gasteiger partial charge in [0.25, 0.3) is 0 Å². The van der Waals surface area contributed by atoms with Gasteiger partial charge in [0, 0.05) is 115 Å². The van der Waals surface area contributed by atoms with E-state index in [2.05, 4.69) is 44.8 Å². The Bertz CT molecular complexity index is 3170. The molecule has 2 aliphatic rings. The molecule has 22 heteroatoms. The van der Waals surface area contributed by atoms with Crippen LogP contribution in [0.15, 0.2) is 83.6 Å². The summed E-state index contributed by atoms with van der Waals surface area (Å²) in [7, 11) is 3.98. The molecule has 2 saturated heterocycles. The summed E-state index contributed by atoms with van der Waals surface area (Å²) in [6.07, 6.45) is 1.15. The summed E-state index contributed by atoms with van der Waals surface area (Å²) in [5, 5.41) is 18.5. The first-order chi connectivity index (χ1) is 36.2. The average Bonchev–Trinajstić information content (AvgIpc) is 4.25. The minimum atomic E-state index is -0.501. The SMILES string of the molecule is CCc1nc2ccc(N3CCN(CCN)CC3)nn2c1N(C)c1nc(-c2ccc(F)cc2)cs1.CCc1nc2ccc(N3CCN(CCNC(=O)OC(C)(C)C)CC3)nn2c1N(C)c1nc(-c2ccc(F)cc2)cs1. The summed E-state index contributed by atoms with van der Waals surface area (Å²) < 4.78 is 35.9. The normalized spacial score (nSPS) is 14.6. The molecule has 0 bridgehead atoms. The second-order valence-electron chi connectivity index (χ2n) is 19.4. The molecule has 6 aromatic heterocycles. The van der Waals surface area contributed by atoms with E-state index in [1.54, 1.807) is 35.6 Å². The molecule has 2 aromatic carbocycles. The second-order valence-corrected chi connectivity index (χ2v) is 21.1. The maximum absolute atomic E-state index is 13.4. The first-order valence-electron chi connectivity index (χ1n) is 25.5. The van der Waals surface area contributed by atoms with Crippen molar-refractivity contribution in [3.8, 4) is 22.5 Å². The summed E-state index contributed by atoms with van der Waals surface area (Å²) in [5.74, 6) is 3.12. The van der Waals surface area contributed by atoms with Gasteiger partial charge in [0.05, 0.1) is 22.8 Å². The van der Waals surface area contributed by atoms with E-state index >= 15 is 0 Å². The molecule has 10 rings (SSSR count). The van der Waals surface area contributed by atoms with Crippen LogP contribution in [0.4, 0.5) is 47.1 Å². The number of rotatable bonds is 15. The monoisotopic (exact) mass is 1060 g/mol. The van der Waals surface area contributed by atoms with Gasteiger partial charge in [0.1, 0.15) is 28.9 Å². The van der Waals surface area contributed by atoms with E-state index in [4.69, 9.17) is 40.6 Å². The molecule has 1 amide bonds. The topological polar surface area (TPSA) is 170 Å². The number of hydrogen-bond donors (Lipinski definition) is 2. The van der Waals surface area contributed by atoms with Gasteiger partial charge in [-0.05, 0) is 106 Å². The predicted octanol–water partition coefficient (Wildman–Crippen LogP) is 8.37. The highest BCUT2D eigenvalue weighted by molar-refractivity contribution is 7.14. The van der Waals surface area contributed by atoms with Crippen molar-refractivity contribution < 1.29 is 18.3 Å². The Morgan fingerprint density at radius 2 is 1.07 bits per heavy atom. The van der Waals surface area contributed by atoms with E-state index in [-0.39, 0.29) is 17.7 Å². The third kappa shape index (κ3) is 12.5. The molecular weight excluding hydrogens is 995 g/mol. The van der Waals surface area contributed by atoms with Crippen LogP contribution >= 0.6 is 22.7 Å². The largest absolute Gasteiger partial charge is 0.444 e. The minimum Gasteiger partial charge on any atom is -0.444 e. The van der Waals surface area contributed by atoms with E-state index < -0.39 is 5.60 Å². The van der Waals surface area contributed by atoms with E-state index in [0.29, 0.717) is 13.1 Å². The number of nitrogens with zero attached hydrogens (tertiary/aromatic N) is 14. The van der Waals surface area contributed by atoms with Crippen LogP contribution in [0.2, 0.25) is 0 Å². The number of piperazine rings is 2. The lowest BCUT2D eigenvalue weighted by molar-refractivity contribution is 0.0521. The average molecular weight is 1060 g/mol. The Labute approximate surface area is 444 Å². The fourth-order valence-electron chi connectivity index (χ4n) is 9.14. The molecule has 3 N–H and O–H groups in total. The third-order valence-electron chi connectivity index (χ3n) is 13.1. The second kappa shape index (κ2) is 23.4. The van der Waals surface area contributed by atoms with Crippen LogP contribution < -0.4 is 30.7 Å². The predicted molar refractivity (Wildman–Crippen MR) is 296 cm³/mol. The molecule has 396 valence electrons. The molecule has 0 aliphatic carbocycles. The highest BCUT2D eigenvalue weighted by Gasteiger charge is 2.26. The molecule has 75 heavy (non-hydrogen) atoms. The maximum Gasteiger partial charge on any atom is 0.407 e. The van der Waals surface area contributed by atoms with Crippen molar-refractivity contribution in [2.45, 2.75) is 53.1 Å². The molecule has 0 atom stereocenters. The van der Waals surface area contributed by atoms with Crippen molar-refractivity contribution in [1.82, 2.24) is 54.3 Å². The van der Waals surface area contributed by atoms with Gasteiger partial charge in [0.15, 0.2) is 33.2 Å². The van der Waals surface area contributed by atoms with Gasteiger partial charge in [-0.2, -0.15) is 9.03 Å². The number of carbonyl (C=O) groups is 1. The minimum absolute atomic E-state index is 0.252. The van der Waals surface area contributed by atoms with E-state index in [1.807, 2.05) is 82.7 Å². The third-order valence-corrected chi connectivity index (χ3v) is 14.9. The van der Waals surface area contributed by atoms with Crippen LogP contribution in [0.5, 0.6) is 0 Å². The maximum atomic E-state index is 13.4. The zero-order chi connectivity index (χ0) is 52.8. The number of nitrogens with one attached hydrogen (secondary N) is 1. The Morgan fingerprint density at radius 1 is 0.640 bits per heavy atom. The van der Waals surface area contributed by atoms with E-state index in [0.717, 1.165) is 157 Å². The molecule has 2 aliphatic heterocycles. The molecule has 18 nitrogen and oxygen atoms in total. The molecule has 8 heterocycles. The van der Waals surface area contributed by atoms with Gasteiger partial charge in [-0.3, -0.25) is 9.80 Å². The molecule has 0 spiro atoms. The van der Waals surface area contributed by atoms with Gasteiger partial charge >= 0.3 is 6.09 Å². The number of carbonyl (C=O) groups excluding carboxylic acids is 1. The number of benzene rings is 2. The number of anilines is 6. The molecule has 8 aromatic rings. The number of halogens is 2. The molecule has 0 unspecified atom stereocenters. The van der Waals surface area contributed by atoms with Crippen LogP contribution in [0.3, 0.4) is 0 Å². The Kier molecular flexibility index (Phi) is 16.5. The van der Waals surface area contributed by atoms with Gasteiger partial charge in [-0.1, -0.05) is 13.8 Å². The van der Waals surface area contributed by atoms with Gasteiger partial charge in [0.2, 0.25) is 0 Å². The summed E-state index contributed by atoms with van der Waals surface area (Å²) in [4.78, 5) is 44.6. The summed E-state index contributed by atoms with van der Waals surface area (Å²) >= 11 is 3.07. The van der Waals surface area contributed by atoms with Gasteiger partial charge in [-0.15, -0.1) is 32.9 Å². The highest BCUT2D eigenvalue weighted by atomic mass is 32.1. The zero-order valence-electron chi connectivity index (χ0n) is 43.7. The molecular formula is C53H66F2N16O2S2. The smallest absolute Gasteiger partial charge is 0.407 e. The van der Waals surface area contributed by atoms with Crippen LogP contribution in [0.25, 0.3) is 33.8 Å².